The van der Waals surface area contributed by atoms with Gasteiger partial charge in [-0.3, -0.25) is 4.79 Å². The molecule has 0 radical (unpaired) electrons. The van der Waals surface area contributed by atoms with Crippen molar-refractivity contribution in [2.45, 2.75) is 25.8 Å². The van der Waals surface area contributed by atoms with E-state index in [2.05, 4.69) is 11.4 Å². The number of nitrogens with one attached hydrogen (secondary N) is 1. The molecule has 100 valence electrons. The van der Waals surface area contributed by atoms with Gasteiger partial charge < -0.3 is 5.32 Å². The van der Waals surface area contributed by atoms with Crippen LogP contribution in [0, 0.1) is 17.2 Å². The molecule has 1 aliphatic heterocycles. The van der Waals surface area contributed by atoms with Crippen LogP contribution in [-0.4, -0.2) is 17.4 Å². The van der Waals surface area contributed by atoms with Crippen LogP contribution in [0.1, 0.15) is 30.4 Å². The van der Waals surface area contributed by atoms with Crippen LogP contribution < -0.4 is 5.32 Å². The molecule has 1 saturated heterocycles. The molecule has 1 amide bonds. The number of hydrogen-bond acceptors (Lipinski definition) is 3. The summed E-state index contributed by atoms with van der Waals surface area (Å²) < 4.78 is 0. The quantitative estimate of drug-likeness (QED) is 0.918. The number of rotatable bonds is 4. The van der Waals surface area contributed by atoms with Crippen molar-refractivity contribution in [1.29, 1.82) is 5.26 Å². The Morgan fingerprint density at radius 3 is 2.63 bits per heavy atom. The van der Waals surface area contributed by atoms with Crippen molar-refractivity contribution >= 4 is 17.7 Å². The lowest BCUT2D eigenvalue weighted by Crippen LogP contribution is -2.26. The van der Waals surface area contributed by atoms with Crippen LogP contribution in [0.25, 0.3) is 0 Å². The number of amides is 1. The standard InChI is InChI=1S/C15H18N2OS/c16-10-13-1-3-14(4-2-13)11-17-15(18)9-12-5-7-19-8-6-12/h1-4,12H,5-9,11H2,(H,17,18). The van der Waals surface area contributed by atoms with E-state index in [0.29, 0.717) is 24.4 Å². The lowest BCUT2D eigenvalue weighted by Gasteiger charge is -2.20. The Balaban J connectivity index is 1.74. The molecule has 0 atom stereocenters. The maximum absolute atomic E-state index is 11.8. The highest BCUT2D eigenvalue weighted by molar-refractivity contribution is 7.99. The highest BCUT2D eigenvalue weighted by Crippen LogP contribution is 2.25. The molecule has 0 spiro atoms. The van der Waals surface area contributed by atoms with Gasteiger partial charge in [0, 0.05) is 13.0 Å². The maximum atomic E-state index is 11.8. The molecule has 0 aliphatic carbocycles. The fourth-order valence-corrected chi connectivity index (χ4v) is 3.39. The van der Waals surface area contributed by atoms with Gasteiger partial charge in [-0.05, 0) is 48.0 Å². The molecule has 1 aromatic rings. The van der Waals surface area contributed by atoms with E-state index in [0.717, 1.165) is 18.4 Å². The second-order valence-electron chi connectivity index (χ2n) is 4.85. The van der Waals surface area contributed by atoms with Crippen molar-refractivity contribution < 1.29 is 4.79 Å². The Kier molecular flexibility index (Phi) is 5.29. The number of benzene rings is 1. The van der Waals surface area contributed by atoms with Gasteiger partial charge in [-0.15, -0.1) is 0 Å². The van der Waals surface area contributed by atoms with E-state index in [1.54, 1.807) is 12.1 Å². The zero-order chi connectivity index (χ0) is 13.5. The van der Waals surface area contributed by atoms with E-state index >= 15 is 0 Å². The molecular formula is C15H18N2OS. The van der Waals surface area contributed by atoms with Crippen LogP contribution in [0.2, 0.25) is 0 Å². The van der Waals surface area contributed by atoms with Crippen molar-refractivity contribution in [3.8, 4) is 6.07 Å². The van der Waals surface area contributed by atoms with Crippen molar-refractivity contribution in [3.05, 3.63) is 35.4 Å². The highest BCUT2D eigenvalue weighted by atomic mass is 32.2. The minimum absolute atomic E-state index is 0.140. The number of carbonyl (C=O) groups excluding carboxylic acids is 1. The summed E-state index contributed by atoms with van der Waals surface area (Å²) in [5, 5.41) is 11.7. The van der Waals surface area contributed by atoms with Gasteiger partial charge in [0.2, 0.25) is 5.91 Å². The second-order valence-corrected chi connectivity index (χ2v) is 6.07. The Hall–Kier alpha value is -1.47. The van der Waals surface area contributed by atoms with E-state index in [4.69, 9.17) is 5.26 Å². The van der Waals surface area contributed by atoms with Gasteiger partial charge in [0.15, 0.2) is 0 Å². The number of hydrogen-bond donors (Lipinski definition) is 1. The first-order valence-electron chi connectivity index (χ1n) is 6.61. The van der Waals surface area contributed by atoms with Crippen molar-refractivity contribution in [2.75, 3.05) is 11.5 Å². The largest absolute Gasteiger partial charge is 0.352 e. The predicted octanol–water partition coefficient (Wildman–Crippen LogP) is 2.71. The maximum Gasteiger partial charge on any atom is 0.220 e. The number of nitriles is 1. The summed E-state index contributed by atoms with van der Waals surface area (Å²) in [6.45, 7) is 0.548. The smallest absolute Gasteiger partial charge is 0.220 e. The molecule has 0 aromatic heterocycles. The summed E-state index contributed by atoms with van der Waals surface area (Å²) in [6, 6.07) is 9.41. The van der Waals surface area contributed by atoms with E-state index in [9.17, 15) is 4.79 Å². The van der Waals surface area contributed by atoms with Crippen molar-refractivity contribution in [1.82, 2.24) is 5.32 Å². The normalized spacial score (nSPS) is 15.7. The third-order valence-corrected chi connectivity index (χ3v) is 4.44. The number of thioether (sulfide) groups is 1. The topological polar surface area (TPSA) is 52.9 Å². The molecule has 1 N–H and O–H groups in total. The molecule has 0 unspecified atom stereocenters. The molecule has 4 heteroatoms. The van der Waals surface area contributed by atoms with E-state index in [-0.39, 0.29) is 5.91 Å². The third-order valence-electron chi connectivity index (χ3n) is 3.39. The van der Waals surface area contributed by atoms with Crippen LogP contribution in [0.3, 0.4) is 0 Å². The first-order chi connectivity index (χ1) is 9.28. The summed E-state index contributed by atoms with van der Waals surface area (Å²) in [7, 11) is 0. The SMILES string of the molecule is N#Cc1ccc(CNC(=O)CC2CCSCC2)cc1. The van der Waals surface area contributed by atoms with Gasteiger partial charge in [0.25, 0.3) is 0 Å². The van der Waals surface area contributed by atoms with Crippen molar-refractivity contribution in [2.24, 2.45) is 5.92 Å². The second kappa shape index (κ2) is 7.20. The summed E-state index contributed by atoms with van der Waals surface area (Å²) in [5.41, 5.74) is 1.68. The summed E-state index contributed by atoms with van der Waals surface area (Å²) >= 11 is 1.98. The first kappa shape index (κ1) is 14.0. The summed E-state index contributed by atoms with van der Waals surface area (Å²) in [5.74, 6) is 3.07. The number of carbonyl (C=O) groups is 1. The zero-order valence-electron chi connectivity index (χ0n) is 10.9. The average molecular weight is 274 g/mol. The van der Waals surface area contributed by atoms with E-state index in [1.165, 1.54) is 11.5 Å². The third kappa shape index (κ3) is 4.60. The van der Waals surface area contributed by atoms with Crippen LogP contribution in [-0.2, 0) is 11.3 Å². The molecule has 1 heterocycles. The fraction of sp³-hybridized carbons (Fsp3) is 0.467. The number of nitrogens with zero attached hydrogens (tertiary/aromatic N) is 1. The molecule has 1 aromatic carbocycles. The lowest BCUT2D eigenvalue weighted by molar-refractivity contribution is -0.122. The van der Waals surface area contributed by atoms with Gasteiger partial charge in [-0.2, -0.15) is 17.0 Å². The van der Waals surface area contributed by atoms with E-state index in [1.807, 2.05) is 23.9 Å². The Morgan fingerprint density at radius 1 is 1.32 bits per heavy atom. The van der Waals surface area contributed by atoms with Gasteiger partial charge in [-0.1, -0.05) is 12.1 Å². The average Bonchev–Trinajstić information content (AvgIpc) is 2.47. The summed E-state index contributed by atoms with van der Waals surface area (Å²) in [4.78, 5) is 11.8. The molecule has 1 fully saturated rings. The van der Waals surface area contributed by atoms with Gasteiger partial charge in [-0.25, -0.2) is 0 Å². The Labute approximate surface area is 118 Å². The van der Waals surface area contributed by atoms with Crippen LogP contribution in [0.15, 0.2) is 24.3 Å². The molecular weight excluding hydrogens is 256 g/mol. The van der Waals surface area contributed by atoms with E-state index < -0.39 is 0 Å². The molecule has 0 saturated carbocycles. The lowest BCUT2D eigenvalue weighted by atomic mass is 9.98. The predicted molar refractivity (Wildman–Crippen MR) is 77.7 cm³/mol. The molecule has 19 heavy (non-hydrogen) atoms. The summed E-state index contributed by atoms with van der Waals surface area (Å²) in [6.07, 6.45) is 2.97. The minimum Gasteiger partial charge on any atom is -0.352 e. The monoisotopic (exact) mass is 274 g/mol. The Bertz CT molecular complexity index is 458. The molecule has 1 aliphatic rings. The van der Waals surface area contributed by atoms with Gasteiger partial charge in [0.05, 0.1) is 11.6 Å². The molecule has 2 rings (SSSR count). The fourth-order valence-electron chi connectivity index (χ4n) is 2.18. The van der Waals surface area contributed by atoms with Crippen LogP contribution in [0.4, 0.5) is 0 Å². The van der Waals surface area contributed by atoms with Gasteiger partial charge >= 0.3 is 0 Å². The van der Waals surface area contributed by atoms with Crippen LogP contribution >= 0.6 is 11.8 Å². The Morgan fingerprint density at radius 2 is 2.00 bits per heavy atom. The molecule has 3 nitrogen and oxygen atoms in total. The van der Waals surface area contributed by atoms with Crippen molar-refractivity contribution in [3.63, 3.8) is 0 Å². The van der Waals surface area contributed by atoms with Gasteiger partial charge in [0.1, 0.15) is 0 Å². The minimum atomic E-state index is 0.140. The highest BCUT2D eigenvalue weighted by Gasteiger charge is 2.16. The molecule has 0 bridgehead atoms. The first-order valence-corrected chi connectivity index (χ1v) is 7.77. The van der Waals surface area contributed by atoms with Crippen LogP contribution in [0.5, 0.6) is 0 Å². The zero-order valence-corrected chi connectivity index (χ0v) is 11.7.